The second-order valence-electron chi connectivity index (χ2n) is 5.17. The van der Waals surface area contributed by atoms with Crippen LogP contribution in [0.25, 0.3) is 22.3 Å². The summed E-state index contributed by atoms with van der Waals surface area (Å²) in [6.45, 7) is 3.87. The summed E-state index contributed by atoms with van der Waals surface area (Å²) >= 11 is 6.18. The lowest BCUT2D eigenvalue weighted by Crippen LogP contribution is -2.02. The van der Waals surface area contributed by atoms with Crippen molar-refractivity contribution < 1.29 is 4.42 Å². The van der Waals surface area contributed by atoms with Gasteiger partial charge in [-0.3, -0.25) is 4.79 Å². The van der Waals surface area contributed by atoms with E-state index in [1.54, 1.807) is 18.2 Å². The highest BCUT2D eigenvalue weighted by Gasteiger charge is 2.12. The van der Waals surface area contributed by atoms with Gasteiger partial charge in [0.1, 0.15) is 11.3 Å². The molecule has 0 saturated heterocycles. The van der Waals surface area contributed by atoms with Crippen LogP contribution in [-0.2, 0) is 0 Å². The van der Waals surface area contributed by atoms with E-state index in [0.717, 1.165) is 11.1 Å². The number of benzene rings is 2. The van der Waals surface area contributed by atoms with Crippen molar-refractivity contribution in [2.24, 2.45) is 0 Å². The van der Waals surface area contributed by atoms with E-state index in [1.165, 1.54) is 6.07 Å². The molecule has 3 rings (SSSR count). The van der Waals surface area contributed by atoms with Gasteiger partial charge in [0, 0.05) is 17.3 Å². The van der Waals surface area contributed by atoms with Crippen molar-refractivity contribution in [3.63, 3.8) is 0 Å². The monoisotopic (exact) mass is 299 g/mol. The molecule has 2 N–H and O–H groups in total. The molecule has 0 amide bonds. The fraction of sp³-hybridized carbons (Fsp3) is 0.118. The predicted octanol–water partition coefficient (Wildman–Crippen LogP) is 4.31. The molecule has 21 heavy (non-hydrogen) atoms. The van der Waals surface area contributed by atoms with Crippen LogP contribution in [0.15, 0.2) is 45.6 Å². The summed E-state index contributed by atoms with van der Waals surface area (Å²) in [5.74, 6) is 0.428. The molecule has 0 aliphatic rings. The van der Waals surface area contributed by atoms with Crippen molar-refractivity contribution in [3.8, 4) is 11.3 Å². The Morgan fingerprint density at radius 3 is 2.62 bits per heavy atom. The molecule has 4 heteroatoms. The summed E-state index contributed by atoms with van der Waals surface area (Å²) in [5.41, 5.74) is 9.42. The normalized spacial score (nSPS) is 11.0. The van der Waals surface area contributed by atoms with Gasteiger partial charge >= 0.3 is 0 Å². The Labute approximate surface area is 127 Å². The fourth-order valence-electron chi connectivity index (χ4n) is 2.47. The number of nitrogen functional groups attached to an aromatic ring is 1. The standard InChI is InChI=1S/C17H14ClNO2/c1-9-5-10(2)17-13(6-9)15(20)8-16(21-17)12-7-11(19)3-4-14(12)18/h3-8H,19H2,1-2H3. The van der Waals surface area contributed by atoms with Crippen molar-refractivity contribution in [1.82, 2.24) is 0 Å². The van der Waals surface area contributed by atoms with E-state index in [2.05, 4.69) is 0 Å². The summed E-state index contributed by atoms with van der Waals surface area (Å²) in [5, 5.41) is 1.08. The third kappa shape index (κ3) is 2.41. The highest BCUT2D eigenvalue weighted by Crippen LogP contribution is 2.31. The molecule has 0 aliphatic carbocycles. The molecule has 0 unspecified atom stereocenters. The van der Waals surface area contributed by atoms with Gasteiger partial charge in [-0.25, -0.2) is 0 Å². The second kappa shape index (κ2) is 4.93. The minimum atomic E-state index is -0.0865. The first-order chi connectivity index (χ1) is 9.95. The number of aryl methyl sites for hydroxylation is 2. The molecule has 0 radical (unpaired) electrons. The van der Waals surface area contributed by atoms with E-state index in [1.807, 2.05) is 26.0 Å². The van der Waals surface area contributed by atoms with E-state index >= 15 is 0 Å². The molecular weight excluding hydrogens is 286 g/mol. The van der Waals surface area contributed by atoms with Crippen LogP contribution in [0.4, 0.5) is 5.69 Å². The van der Waals surface area contributed by atoms with Gasteiger partial charge in [-0.2, -0.15) is 0 Å². The van der Waals surface area contributed by atoms with Gasteiger partial charge in [0.2, 0.25) is 0 Å². The maximum atomic E-state index is 12.3. The zero-order valence-electron chi connectivity index (χ0n) is 11.7. The van der Waals surface area contributed by atoms with Gasteiger partial charge < -0.3 is 10.2 Å². The van der Waals surface area contributed by atoms with E-state index < -0.39 is 0 Å². The maximum absolute atomic E-state index is 12.3. The zero-order valence-corrected chi connectivity index (χ0v) is 12.5. The van der Waals surface area contributed by atoms with E-state index in [4.69, 9.17) is 21.8 Å². The molecule has 106 valence electrons. The minimum absolute atomic E-state index is 0.0865. The Bertz CT molecular complexity index is 913. The maximum Gasteiger partial charge on any atom is 0.193 e. The average Bonchev–Trinajstić information content (AvgIpc) is 2.42. The molecule has 1 aromatic heterocycles. The fourth-order valence-corrected chi connectivity index (χ4v) is 2.68. The van der Waals surface area contributed by atoms with Gasteiger partial charge in [0.05, 0.1) is 10.4 Å². The first-order valence-electron chi connectivity index (χ1n) is 6.56. The van der Waals surface area contributed by atoms with Crippen molar-refractivity contribution >= 4 is 28.3 Å². The largest absolute Gasteiger partial charge is 0.455 e. The van der Waals surface area contributed by atoms with Crippen molar-refractivity contribution in [2.45, 2.75) is 13.8 Å². The molecule has 0 atom stereocenters. The first kappa shape index (κ1) is 13.7. The minimum Gasteiger partial charge on any atom is -0.455 e. The number of hydrogen-bond acceptors (Lipinski definition) is 3. The summed E-state index contributed by atoms with van der Waals surface area (Å²) in [7, 11) is 0. The lowest BCUT2D eigenvalue weighted by molar-refractivity contribution is 0.616. The van der Waals surface area contributed by atoms with Crippen molar-refractivity contribution in [2.75, 3.05) is 5.73 Å². The SMILES string of the molecule is Cc1cc(C)c2oc(-c3cc(N)ccc3Cl)cc(=O)c2c1. The second-order valence-corrected chi connectivity index (χ2v) is 5.58. The highest BCUT2D eigenvalue weighted by atomic mass is 35.5. The zero-order chi connectivity index (χ0) is 15.1. The van der Waals surface area contributed by atoms with Gasteiger partial charge in [-0.1, -0.05) is 17.7 Å². The van der Waals surface area contributed by atoms with Crippen LogP contribution in [0, 0.1) is 13.8 Å². The average molecular weight is 300 g/mol. The summed E-state index contributed by atoms with van der Waals surface area (Å²) in [6, 6.07) is 10.4. The molecule has 2 aromatic carbocycles. The van der Waals surface area contributed by atoms with Crippen LogP contribution in [0.3, 0.4) is 0 Å². The smallest absolute Gasteiger partial charge is 0.193 e. The van der Waals surface area contributed by atoms with E-state index in [9.17, 15) is 4.79 Å². The lowest BCUT2D eigenvalue weighted by Gasteiger charge is -2.08. The summed E-state index contributed by atoms with van der Waals surface area (Å²) in [4.78, 5) is 12.3. The Hall–Kier alpha value is -2.26. The molecule has 3 nitrogen and oxygen atoms in total. The highest BCUT2D eigenvalue weighted by molar-refractivity contribution is 6.33. The lowest BCUT2D eigenvalue weighted by atomic mass is 10.1. The Morgan fingerprint density at radius 2 is 1.86 bits per heavy atom. The van der Waals surface area contributed by atoms with E-state index in [-0.39, 0.29) is 5.43 Å². The quantitative estimate of drug-likeness (QED) is 0.681. The molecule has 0 fully saturated rings. The van der Waals surface area contributed by atoms with Crippen LogP contribution < -0.4 is 11.2 Å². The topological polar surface area (TPSA) is 56.2 Å². The van der Waals surface area contributed by atoms with Crippen LogP contribution in [0.1, 0.15) is 11.1 Å². The Balaban J connectivity index is 2.35. The molecule has 0 spiro atoms. The Morgan fingerprint density at radius 1 is 1.10 bits per heavy atom. The molecule has 3 aromatic rings. The van der Waals surface area contributed by atoms with Crippen LogP contribution >= 0.6 is 11.6 Å². The first-order valence-corrected chi connectivity index (χ1v) is 6.94. The molecule has 0 saturated carbocycles. The van der Waals surface area contributed by atoms with Crippen molar-refractivity contribution in [1.29, 1.82) is 0 Å². The number of halogens is 1. The van der Waals surface area contributed by atoms with Gasteiger partial charge in [-0.05, 0) is 49.2 Å². The summed E-state index contributed by atoms with van der Waals surface area (Å²) < 4.78 is 5.91. The van der Waals surface area contributed by atoms with E-state index in [0.29, 0.717) is 33.0 Å². The van der Waals surface area contributed by atoms with Gasteiger partial charge in [-0.15, -0.1) is 0 Å². The molecular formula is C17H14ClNO2. The molecule has 0 bridgehead atoms. The van der Waals surface area contributed by atoms with Crippen LogP contribution in [-0.4, -0.2) is 0 Å². The number of fused-ring (bicyclic) bond motifs is 1. The third-order valence-electron chi connectivity index (χ3n) is 3.41. The van der Waals surface area contributed by atoms with Crippen molar-refractivity contribution in [3.05, 3.63) is 62.8 Å². The molecule has 1 heterocycles. The number of rotatable bonds is 1. The Kier molecular flexibility index (Phi) is 3.22. The van der Waals surface area contributed by atoms with Crippen LogP contribution in [0.2, 0.25) is 5.02 Å². The van der Waals surface area contributed by atoms with Crippen LogP contribution in [0.5, 0.6) is 0 Å². The third-order valence-corrected chi connectivity index (χ3v) is 3.74. The number of anilines is 1. The van der Waals surface area contributed by atoms with Gasteiger partial charge in [0.15, 0.2) is 5.43 Å². The molecule has 0 aliphatic heterocycles. The predicted molar refractivity (Wildman–Crippen MR) is 86.8 cm³/mol. The summed E-state index contributed by atoms with van der Waals surface area (Å²) in [6.07, 6.45) is 0. The number of nitrogens with two attached hydrogens (primary N) is 1. The van der Waals surface area contributed by atoms with Gasteiger partial charge in [0.25, 0.3) is 0 Å². The number of hydrogen-bond donors (Lipinski definition) is 1.